The highest BCUT2D eigenvalue weighted by molar-refractivity contribution is 7.92. The molecule has 1 heterocycles. The van der Waals surface area contributed by atoms with Crippen molar-refractivity contribution < 1.29 is 42.1 Å². The van der Waals surface area contributed by atoms with E-state index in [0.717, 1.165) is 22.9 Å². The summed E-state index contributed by atoms with van der Waals surface area (Å²) in [5.74, 6) is 0.522. The van der Waals surface area contributed by atoms with E-state index in [4.69, 9.17) is 25.1 Å². The van der Waals surface area contributed by atoms with Crippen LogP contribution in [0.3, 0.4) is 0 Å². The molecule has 0 aliphatic carbocycles. The number of hydrogen-bond donors (Lipinski definition) is 7. The second-order valence-electron chi connectivity index (χ2n) is 15.6. The van der Waals surface area contributed by atoms with Gasteiger partial charge >= 0.3 is 12.0 Å². The van der Waals surface area contributed by atoms with Gasteiger partial charge in [0.15, 0.2) is 5.75 Å². The van der Waals surface area contributed by atoms with Crippen molar-refractivity contribution >= 4 is 67.3 Å². The van der Waals surface area contributed by atoms with E-state index >= 15 is 0 Å². The average molecular weight is 876 g/mol. The molecule has 0 unspecified atom stereocenters. The normalized spacial score (nSPS) is 11.9. The highest BCUT2D eigenvalue weighted by Gasteiger charge is 2.23. The molecule has 1 atom stereocenters. The maximum absolute atomic E-state index is 13.5. The van der Waals surface area contributed by atoms with Gasteiger partial charge in [0.1, 0.15) is 29.1 Å². The van der Waals surface area contributed by atoms with Gasteiger partial charge in [-0.15, -0.1) is 0 Å². The van der Waals surface area contributed by atoms with E-state index in [2.05, 4.69) is 31.0 Å². The van der Waals surface area contributed by atoms with Crippen LogP contribution in [0.5, 0.6) is 23.0 Å². The number of nitrogens with two attached hydrogens (primary N) is 1. The number of hydrogen-bond acceptors (Lipinski definition) is 11. The van der Waals surface area contributed by atoms with Crippen molar-refractivity contribution in [2.24, 2.45) is 5.73 Å². The lowest BCUT2D eigenvalue weighted by atomic mass is 9.86. The lowest BCUT2D eigenvalue weighted by Crippen LogP contribution is -2.32. The first-order valence-corrected chi connectivity index (χ1v) is 21.5. The van der Waals surface area contributed by atoms with Crippen LogP contribution in [0.1, 0.15) is 47.8 Å². The van der Waals surface area contributed by atoms with Gasteiger partial charge in [0.25, 0.3) is 5.91 Å². The molecule has 0 spiro atoms. The first-order chi connectivity index (χ1) is 29.9. The Hall–Kier alpha value is -7.37. The molecule has 6 aromatic rings. The monoisotopic (exact) mass is 875 g/mol. The summed E-state index contributed by atoms with van der Waals surface area (Å²) >= 11 is 0. The molecule has 17 heteroatoms. The number of anilines is 5. The maximum atomic E-state index is 13.5. The van der Waals surface area contributed by atoms with Crippen LogP contribution in [0.2, 0.25) is 0 Å². The zero-order valence-corrected chi connectivity index (χ0v) is 36.3. The Morgan fingerprint density at radius 2 is 1.48 bits per heavy atom. The number of rotatable bonds is 16. The van der Waals surface area contributed by atoms with Crippen LogP contribution in [0.15, 0.2) is 109 Å². The van der Waals surface area contributed by atoms with Gasteiger partial charge in [-0.3, -0.25) is 14.3 Å². The molecule has 5 aromatic carbocycles. The number of pyridine rings is 1. The van der Waals surface area contributed by atoms with E-state index in [1.54, 1.807) is 72.9 Å². The number of nitrogens with one attached hydrogen (secondary N) is 5. The highest BCUT2D eigenvalue weighted by Crippen LogP contribution is 2.40. The molecule has 0 fully saturated rings. The molecule has 6 rings (SSSR count). The lowest BCUT2D eigenvalue weighted by molar-refractivity contribution is -0.138. The molecule has 0 radical (unpaired) electrons. The number of methoxy groups -OCH3 is 2. The fraction of sp³-hybridized carbons (Fsp3) is 0.217. The van der Waals surface area contributed by atoms with Crippen molar-refractivity contribution in [2.75, 3.05) is 41.1 Å². The van der Waals surface area contributed by atoms with E-state index in [1.165, 1.54) is 14.2 Å². The predicted octanol–water partition coefficient (Wildman–Crippen LogP) is 7.99. The van der Waals surface area contributed by atoms with Crippen LogP contribution in [-0.2, 0) is 33.2 Å². The fourth-order valence-electron chi connectivity index (χ4n) is 6.58. The third kappa shape index (κ3) is 11.7. The highest BCUT2D eigenvalue weighted by atomic mass is 32.2. The number of carbonyl (C=O) groups excluding carboxylic acids is 2. The summed E-state index contributed by atoms with van der Waals surface area (Å²) in [7, 11) is -0.791. The van der Waals surface area contributed by atoms with Crippen LogP contribution >= 0.6 is 0 Å². The molecular formula is C46H49N7O9S. The van der Waals surface area contributed by atoms with Crippen LogP contribution in [-0.4, -0.2) is 62.9 Å². The molecule has 16 nitrogen and oxygen atoms in total. The van der Waals surface area contributed by atoms with Gasteiger partial charge in [-0.2, -0.15) is 0 Å². The zero-order valence-electron chi connectivity index (χ0n) is 35.5. The molecule has 1 aromatic heterocycles. The standard InChI is InChI=1S/C46H49N7O9S/c1-46(2,3)29-22-37(42(61-5)38(23-29)53-63(6,58)59)52-45(57)51-36-17-18-39(33-10-8-7-9-32(33)36)62-31-19-20-48-41(25-31)50-30-15-16-34(40(24-30)60-4)43(54)49-26-28-13-11-27(12-14-28)21-35(47)44(55)56/h7-20,22-25,35,53H,21,26,47H2,1-6H3,(H,48,50)(H,49,54)(H,55,56)(H2,51,52,57)/t35-/m1/s1. The Labute approximate surface area is 365 Å². The summed E-state index contributed by atoms with van der Waals surface area (Å²) in [6.07, 6.45) is 2.83. The van der Waals surface area contributed by atoms with Gasteiger partial charge < -0.3 is 46.3 Å². The minimum absolute atomic E-state index is 0.155. The van der Waals surface area contributed by atoms with Crippen molar-refractivity contribution in [1.29, 1.82) is 0 Å². The summed E-state index contributed by atoms with van der Waals surface area (Å²) in [5.41, 5.74) is 9.52. The first-order valence-electron chi connectivity index (χ1n) is 19.6. The number of aliphatic carboxylic acids is 1. The molecule has 0 aliphatic rings. The van der Waals surface area contributed by atoms with Gasteiger partial charge in [-0.05, 0) is 71.0 Å². The first kappa shape index (κ1) is 45.2. The summed E-state index contributed by atoms with van der Waals surface area (Å²) in [6, 6.07) is 28.4. The second-order valence-corrected chi connectivity index (χ2v) is 17.4. The Morgan fingerprint density at radius 1 is 0.794 bits per heavy atom. The molecule has 0 saturated carbocycles. The topological polar surface area (TPSA) is 232 Å². The second kappa shape index (κ2) is 19.1. The van der Waals surface area contributed by atoms with Gasteiger partial charge in [-0.1, -0.05) is 69.3 Å². The Bertz CT molecular complexity index is 2780. The van der Waals surface area contributed by atoms with E-state index in [0.29, 0.717) is 50.8 Å². The third-order valence-electron chi connectivity index (χ3n) is 9.76. The summed E-state index contributed by atoms with van der Waals surface area (Å²) in [5, 5.41) is 22.3. The van der Waals surface area contributed by atoms with Crippen molar-refractivity contribution in [3.05, 3.63) is 132 Å². The summed E-state index contributed by atoms with van der Waals surface area (Å²) < 4.78 is 44.3. The van der Waals surface area contributed by atoms with Crippen molar-refractivity contribution in [3.8, 4) is 23.0 Å². The number of aromatic nitrogens is 1. The van der Waals surface area contributed by atoms with Crippen molar-refractivity contribution in [1.82, 2.24) is 10.3 Å². The molecule has 0 saturated heterocycles. The van der Waals surface area contributed by atoms with Crippen LogP contribution in [0.25, 0.3) is 10.8 Å². The fourth-order valence-corrected chi connectivity index (χ4v) is 7.13. The number of nitrogens with zero attached hydrogens (tertiary/aromatic N) is 1. The van der Waals surface area contributed by atoms with Gasteiger partial charge in [0, 0.05) is 41.3 Å². The Kier molecular flexibility index (Phi) is 13.7. The van der Waals surface area contributed by atoms with Crippen LogP contribution < -0.4 is 45.9 Å². The molecule has 328 valence electrons. The van der Waals surface area contributed by atoms with Gasteiger partial charge in [0.05, 0.1) is 43.1 Å². The SMILES string of the molecule is COc1cc(Nc2cc(Oc3ccc(NC(=O)Nc4cc(C(C)(C)C)cc(NS(C)(=O)=O)c4OC)c4ccccc34)ccn2)ccc1C(=O)NCc1ccc(C[C@@H](N)C(=O)O)cc1. The van der Waals surface area contributed by atoms with Gasteiger partial charge in [0.2, 0.25) is 10.0 Å². The molecule has 0 aliphatic heterocycles. The number of carboxylic acid groups (broad SMARTS) is 1. The Balaban J connectivity index is 1.13. The van der Waals surface area contributed by atoms with Crippen LogP contribution in [0.4, 0.5) is 33.4 Å². The number of benzene rings is 5. The number of urea groups is 1. The minimum atomic E-state index is -3.66. The summed E-state index contributed by atoms with van der Waals surface area (Å²) in [4.78, 5) is 42.2. The number of ether oxygens (including phenoxy) is 3. The van der Waals surface area contributed by atoms with E-state index in [-0.39, 0.29) is 41.4 Å². The largest absolute Gasteiger partial charge is 0.496 e. The van der Waals surface area contributed by atoms with Gasteiger partial charge in [-0.25, -0.2) is 18.2 Å². The number of sulfonamides is 1. The molecule has 3 amide bonds. The van der Waals surface area contributed by atoms with E-state index < -0.39 is 28.1 Å². The smallest absolute Gasteiger partial charge is 0.323 e. The summed E-state index contributed by atoms with van der Waals surface area (Å²) in [6.45, 7) is 6.16. The van der Waals surface area contributed by atoms with Crippen molar-refractivity contribution in [3.63, 3.8) is 0 Å². The third-order valence-corrected chi connectivity index (χ3v) is 10.4. The molecule has 0 bridgehead atoms. The molecule has 63 heavy (non-hydrogen) atoms. The molecule has 8 N–H and O–H groups in total. The maximum Gasteiger partial charge on any atom is 0.323 e. The van der Waals surface area contributed by atoms with E-state index in [1.807, 2.05) is 57.2 Å². The lowest BCUT2D eigenvalue weighted by Gasteiger charge is -2.24. The van der Waals surface area contributed by atoms with Crippen molar-refractivity contribution in [2.45, 2.75) is 45.2 Å². The number of fused-ring (bicyclic) bond motifs is 1. The predicted molar refractivity (Wildman–Crippen MR) is 244 cm³/mol. The van der Waals surface area contributed by atoms with Crippen LogP contribution in [0, 0.1) is 0 Å². The quantitative estimate of drug-likeness (QED) is 0.0491. The Morgan fingerprint density at radius 3 is 2.14 bits per heavy atom. The average Bonchev–Trinajstić information content (AvgIpc) is 3.23. The van der Waals surface area contributed by atoms with E-state index in [9.17, 15) is 22.8 Å². The number of carboxylic acids is 1. The number of amides is 3. The minimum Gasteiger partial charge on any atom is -0.496 e. The zero-order chi connectivity index (χ0) is 45.5. The number of carbonyl (C=O) groups is 3. The molecular weight excluding hydrogens is 827 g/mol.